The predicted octanol–water partition coefficient (Wildman–Crippen LogP) is 1.43. The number of carbonyl (C=O) groups excluding carboxylic acids is 1. The van der Waals surface area contributed by atoms with Crippen LogP contribution >= 0.6 is 23.1 Å². The van der Waals surface area contributed by atoms with Crippen LogP contribution in [0.1, 0.15) is 29.2 Å². The van der Waals surface area contributed by atoms with Crippen LogP contribution in [0.2, 0.25) is 0 Å². The van der Waals surface area contributed by atoms with E-state index in [1.807, 2.05) is 11.4 Å². The zero-order chi connectivity index (χ0) is 17.6. The van der Waals surface area contributed by atoms with Gasteiger partial charge in [-0.25, -0.2) is 14.8 Å². The lowest BCUT2D eigenvalue weighted by Gasteiger charge is -2.10. The van der Waals surface area contributed by atoms with E-state index < -0.39 is 17.0 Å². The first-order valence-electron chi connectivity index (χ1n) is 7.54. The number of H-pyrrole nitrogens is 1. The van der Waals surface area contributed by atoms with Gasteiger partial charge in [0.05, 0.1) is 5.75 Å². The molecule has 3 aromatic heterocycles. The first-order valence-corrected chi connectivity index (χ1v) is 9.41. The van der Waals surface area contributed by atoms with Crippen molar-refractivity contribution in [3.05, 3.63) is 44.2 Å². The van der Waals surface area contributed by atoms with Gasteiger partial charge in [0.1, 0.15) is 27.6 Å². The summed E-state index contributed by atoms with van der Waals surface area (Å²) in [5.74, 6) is -0.483. The van der Waals surface area contributed by atoms with Crippen molar-refractivity contribution in [2.24, 2.45) is 0 Å². The fourth-order valence-electron chi connectivity index (χ4n) is 2.62. The molecule has 0 atom stereocenters. The van der Waals surface area contributed by atoms with Crippen molar-refractivity contribution < 1.29 is 4.79 Å². The van der Waals surface area contributed by atoms with Gasteiger partial charge in [-0.1, -0.05) is 11.8 Å². The minimum Gasteiger partial charge on any atom is -0.384 e. The molecule has 1 aliphatic rings. The molecule has 3 aromatic rings. The number of ketones is 1. The zero-order valence-corrected chi connectivity index (χ0v) is 14.5. The Bertz CT molecular complexity index is 1100. The molecule has 3 N–H and O–H groups in total. The molecule has 128 valence electrons. The van der Waals surface area contributed by atoms with Crippen LogP contribution in [0, 0.1) is 0 Å². The Kier molecular flexibility index (Phi) is 3.92. The smallest absolute Gasteiger partial charge is 0.330 e. The SMILES string of the molecule is Nc1c(C(=O)CSc2ncnc3sccc23)c(=O)[nH]c(=O)n1C1CC1. The fraction of sp³-hybridized carbons (Fsp3) is 0.267. The summed E-state index contributed by atoms with van der Waals surface area (Å²) in [5, 5.41) is 3.44. The highest BCUT2D eigenvalue weighted by Crippen LogP contribution is 2.35. The molecule has 0 bridgehead atoms. The van der Waals surface area contributed by atoms with Crippen LogP contribution < -0.4 is 17.0 Å². The number of nitrogens with one attached hydrogen (secondary N) is 1. The van der Waals surface area contributed by atoms with Crippen molar-refractivity contribution >= 4 is 44.9 Å². The number of nitrogens with two attached hydrogens (primary N) is 1. The summed E-state index contributed by atoms with van der Waals surface area (Å²) in [6, 6.07) is 1.86. The first kappa shape index (κ1) is 16.0. The molecule has 0 spiro atoms. The monoisotopic (exact) mass is 375 g/mol. The molecule has 1 saturated carbocycles. The van der Waals surface area contributed by atoms with Gasteiger partial charge in [0.2, 0.25) is 0 Å². The van der Waals surface area contributed by atoms with E-state index in [0.29, 0.717) is 5.03 Å². The van der Waals surface area contributed by atoms with Crippen LogP contribution in [0.4, 0.5) is 5.82 Å². The van der Waals surface area contributed by atoms with E-state index in [4.69, 9.17) is 5.73 Å². The van der Waals surface area contributed by atoms with Gasteiger partial charge in [0, 0.05) is 11.4 Å². The number of anilines is 1. The molecule has 1 aliphatic carbocycles. The molecular formula is C15H13N5O3S2. The summed E-state index contributed by atoms with van der Waals surface area (Å²) < 4.78 is 1.31. The number of nitrogen functional groups attached to an aromatic ring is 1. The Hall–Kier alpha value is -2.46. The molecule has 0 aromatic carbocycles. The largest absolute Gasteiger partial charge is 0.384 e. The van der Waals surface area contributed by atoms with Crippen LogP contribution in [0.25, 0.3) is 10.2 Å². The van der Waals surface area contributed by atoms with Crippen LogP contribution in [0.3, 0.4) is 0 Å². The van der Waals surface area contributed by atoms with E-state index in [-0.39, 0.29) is 23.2 Å². The third kappa shape index (κ3) is 2.87. The Morgan fingerprint density at radius 1 is 1.40 bits per heavy atom. The van der Waals surface area contributed by atoms with Gasteiger partial charge >= 0.3 is 5.69 Å². The summed E-state index contributed by atoms with van der Waals surface area (Å²) in [6.45, 7) is 0. The Morgan fingerprint density at radius 2 is 2.20 bits per heavy atom. The summed E-state index contributed by atoms with van der Waals surface area (Å²) >= 11 is 2.71. The van der Waals surface area contributed by atoms with Gasteiger partial charge < -0.3 is 5.73 Å². The lowest BCUT2D eigenvalue weighted by atomic mass is 10.2. The molecule has 4 rings (SSSR count). The number of aromatic nitrogens is 4. The Morgan fingerprint density at radius 3 is 2.96 bits per heavy atom. The topological polar surface area (TPSA) is 124 Å². The van der Waals surface area contributed by atoms with Crippen molar-refractivity contribution in [3.63, 3.8) is 0 Å². The Labute approximate surface area is 149 Å². The average molecular weight is 375 g/mol. The maximum absolute atomic E-state index is 12.6. The molecular weight excluding hydrogens is 362 g/mol. The van der Waals surface area contributed by atoms with Gasteiger partial charge in [-0.3, -0.25) is 19.1 Å². The van der Waals surface area contributed by atoms with E-state index in [1.54, 1.807) is 0 Å². The number of thioether (sulfide) groups is 1. The number of thiophene rings is 1. The second-order valence-corrected chi connectivity index (χ2v) is 7.51. The molecule has 25 heavy (non-hydrogen) atoms. The van der Waals surface area contributed by atoms with E-state index in [1.165, 1.54) is 34.0 Å². The van der Waals surface area contributed by atoms with Crippen molar-refractivity contribution in [1.29, 1.82) is 0 Å². The molecule has 0 aliphatic heterocycles. The van der Waals surface area contributed by atoms with Gasteiger partial charge in [-0.15, -0.1) is 11.3 Å². The van der Waals surface area contributed by atoms with E-state index >= 15 is 0 Å². The number of hydrogen-bond acceptors (Lipinski definition) is 8. The van der Waals surface area contributed by atoms with Crippen LogP contribution in [0.15, 0.2) is 32.4 Å². The highest BCUT2D eigenvalue weighted by molar-refractivity contribution is 8.00. The van der Waals surface area contributed by atoms with E-state index in [2.05, 4.69) is 15.0 Å². The number of carbonyl (C=O) groups is 1. The van der Waals surface area contributed by atoms with E-state index in [9.17, 15) is 14.4 Å². The highest BCUT2D eigenvalue weighted by Gasteiger charge is 2.30. The van der Waals surface area contributed by atoms with Crippen molar-refractivity contribution in [1.82, 2.24) is 19.5 Å². The Balaban J connectivity index is 1.63. The number of aromatic amines is 1. The van der Waals surface area contributed by atoms with E-state index in [0.717, 1.165) is 23.1 Å². The normalized spacial score (nSPS) is 14.1. The molecule has 0 amide bonds. The molecule has 0 saturated heterocycles. The molecule has 8 nitrogen and oxygen atoms in total. The van der Waals surface area contributed by atoms with Gasteiger partial charge in [0.15, 0.2) is 5.78 Å². The van der Waals surface area contributed by atoms with Crippen molar-refractivity contribution in [2.45, 2.75) is 23.9 Å². The maximum Gasteiger partial charge on any atom is 0.330 e. The molecule has 3 heterocycles. The molecule has 0 unspecified atom stereocenters. The fourth-order valence-corrected chi connectivity index (χ4v) is 4.27. The summed E-state index contributed by atoms with van der Waals surface area (Å²) in [5.41, 5.74) is 4.49. The van der Waals surface area contributed by atoms with Crippen molar-refractivity contribution in [2.75, 3.05) is 11.5 Å². The quantitative estimate of drug-likeness (QED) is 0.393. The predicted molar refractivity (Wildman–Crippen MR) is 96.5 cm³/mol. The maximum atomic E-state index is 12.6. The highest BCUT2D eigenvalue weighted by atomic mass is 32.2. The van der Waals surface area contributed by atoms with Gasteiger partial charge in [-0.05, 0) is 24.3 Å². The van der Waals surface area contributed by atoms with Crippen LogP contribution in [-0.2, 0) is 0 Å². The number of rotatable bonds is 5. The van der Waals surface area contributed by atoms with Gasteiger partial charge in [-0.2, -0.15) is 0 Å². The first-order chi connectivity index (χ1) is 12.1. The summed E-state index contributed by atoms with van der Waals surface area (Å²) in [6.07, 6.45) is 3.07. The molecule has 0 radical (unpaired) electrons. The minimum absolute atomic E-state index is 0.00187. The number of nitrogens with zero attached hydrogens (tertiary/aromatic N) is 3. The third-order valence-corrected chi connectivity index (χ3v) is 5.76. The number of Topliss-reactive ketones (excluding diaryl/α,β-unsaturated/α-hetero) is 1. The summed E-state index contributed by atoms with van der Waals surface area (Å²) in [7, 11) is 0. The summed E-state index contributed by atoms with van der Waals surface area (Å²) in [4.78, 5) is 47.9. The van der Waals surface area contributed by atoms with Crippen LogP contribution in [0.5, 0.6) is 0 Å². The third-order valence-electron chi connectivity index (χ3n) is 3.94. The lowest BCUT2D eigenvalue weighted by Crippen LogP contribution is -2.36. The average Bonchev–Trinajstić information content (AvgIpc) is 3.27. The second-order valence-electron chi connectivity index (χ2n) is 5.65. The van der Waals surface area contributed by atoms with Crippen molar-refractivity contribution in [3.8, 4) is 0 Å². The van der Waals surface area contributed by atoms with Gasteiger partial charge in [0.25, 0.3) is 5.56 Å². The standard InChI is InChI=1S/C15H13N5O3S2/c16-11-10(12(22)19-15(23)20(11)7-1-2-7)9(21)5-25-14-8-3-4-24-13(8)17-6-18-14/h3-4,6-7H,1-2,5,16H2,(H,19,22,23). The van der Waals surface area contributed by atoms with Crippen LogP contribution in [-0.4, -0.2) is 31.1 Å². The number of fused-ring (bicyclic) bond motifs is 1. The second kappa shape index (κ2) is 6.12. The lowest BCUT2D eigenvalue weighted by molar-refractivity contribution is 0.102. The number of hydrogen-bond donors (Lipinski definition) is 2. The zero-order valence-electron chi connectivity index (χ0n) is 12.9. The minimum atomic E-state index is -0.742. The molecule has 1 fully saturated rings. The molecule has 10 heteroatoms.